The Bertz CT molecular complexity index is 166. The lowest BCUT2D eigenvalue weighted by atomic mass is 9.98. The summed E-state index contributed by atoms with van der Waals surface area (Å²) in [5, 5.41) is 19.0. The number of ether oxygens (including phenoxy) is 2. The molecule has 0 bridgehead atoms. The van der Waals surface area contributed by atoms with Gasteiger partial charge in [-0.05, 0) is 13.8 Å². The van der Waals surface area contributed by atoms with Crippen molar-refractivity contribution in [3.8, 4) is 0 Å². The average Bonchev–Trinajstić information content (AvgIpc) is 2.11. The SMILES string of the molecule is CCO[C@H]1O[C@H](C)[C@@H](O)[C@@H](N)[C@H]1O. The molecule has 0 aromatic rings. The molecule has 1 aliphatic heterocycles. The van der Waals surface area contributed by atoms with Crippen LogP contribution in [0.25, 0.3) is 0 Å². The molecule has 1 fully saturated rings. The van der Waals surface area contributed by atoms with Crippen LogP contribution in [0.2, 0.25) is 0 Å². The van der Waals surface area contributed by atoms with E-state index in [9.17, 15) is 10.2 Å². The first-order chi connectivity index (χ1) is 6.07. The van der Waals surface area contributed by atoms with Crippen LogP contribution >= 0.6 is 0 Å². The molecule has 0 saturated carbocycles. The Morgan fingerprint density at radius 3 is 2.54 bits per heavy atom. The number of nitrogens with two attached hydrogens (primary N) is 1. The maximum absolute atomic E-state index is 9.52. The second-order valence-corrected chi connectivity index (χ2v) is 3.22. The largest absolute Gasteiger partial charge is 0.389 e. The molecular formula is C8H17NO4. The first-order valence-electron chi connectivity index (χ1n) is 4.46. The Morgan fingerprint density at radius 1 is 1.38 bits per heavy atom. The molecule has 78 valence electrons. The smallest absolute Gasteiger partial charge is 0.185 e. The summed E-state index contributed by atoms with van der Waals surface area (Å²) < 4.78 is 10.3. The van der Waals surface area contributed by atoms with E-state index in [0.29, 0.717) is 6.61 Å². The molecule has 0 aliphatic carbocycles. The number of rotatable bonds is 2. The van der Waals surface area contributed by atoms with Crippen molar-refractivity contribution in [2.24, 2.45) is 5.73 Å². The minimum Gasteiger partial charge on any atom is -0.389 e. The van der Waals surface area contributed by atoms with Crippen molar-refractivity contribution < 1.29 is 19.7 Å². The summed E-state index contributed by atoms with van der Waals surface area (Å²) in [4.78, 5) is 0. The van der Waals surface area contributed by atoms with Crippen LogP contribution in [-0.4, -0.2) is 47.5 Å². The highest BCUT2D eigenvalue weighted by atomic mass is 16.7. The third-order valence-corrected chi connectivity index (χ3v) is 2.23. The van der Waals surface area contributed by atoms with E-state index in [1.54, 1.807) is 13.8 Å². The lowest BCUT2D eigenvalue weighted by Gasteiger charge is -2.39. The van der Waals surface area contributed by atoms with Crippen molar-refractivity contribution >= 4 is 0 Å². The highest BCUT2D eigenvalue weighted by Gasteiger charge is 2.40. The monoisotopic (exact) mass is 191 g/mol. The van der Waals surface area contributed by atoms with Crippen LogP contribution in [0.3, 0.4) is 0 Å². The molecule has 0 aromatic carbocycles. The van der Waals surface area contributed by atoms with E-state index in [1.807, 2.05) is 0 Å². The molecule has 0 spiro atoms. The number of hydrogen-bond acceptors (Lipinski definition) is 5. The Kier molecular flexibility index (Phi) is 3.63. The third-order valence-electron chi connectivity index (χ3n) is 2.23. The van der Waals surface area contributed by atoms with Gasteiger partial charge in [0.15, 0.2) is 6.29 Å². The van der Waals surface area contributed by atoms with E-state index >= 15 is 0 Å². The summed E-state index contributed by atoms with van der Waals surface area (Å²) in [5.41, 5.74) is 5.57. The minimum absolute atomic E-state index is 0.407. The van der Waals surface area contributed by atoms with Crippen LogP contribution in [0.1, 0.15) is 13.8 Å². The average molecular weight is 191 g/mol. The highest BCUT2D eigenvalue weighted by Crippen LogP contribution is 2.20. The van der Waals surface area contributed by atoms with Crippen molar-refractivity contribution in [2.45, 2.75) is 44.5 Å². The maximum Gasteiger partial charge on any atom is 0.185 e. The summed E-state index contributed by atoms with van der Waals surface area (Å²) in [5.74, 6) is 0. The summed E-state index contributed by atoms with van der Waals surface area (Å²) >= 11 is 0. The molecule has 0 aromatic heterocycles. The lowest BCUT2D eigenvalue weighted by Crippen LogP contribution is -2.61. The second kappa shape index (κ2) is 4.34. The molecule has 5 atom stereocenters. The molecule has 5 nitrogen and oxygen atoms in total. The van der Waals surface area contributed by atoms with Gasteiger partial charge in [-0.3, -0.25) is 0 Å². The number of hydrogen-bond donors (Lipinski definition) is 3. The fourth-order valence-corrected chi connectivity index (χ4v) is 1.37. The van der Waals surface area contributed by atoms with Gasteiger partial charge in [-0.15, -0.1) is 0 Å². The van der Waals surface area contributed by atoms with Crippen LogP contribution in [0.5, 0.6) is 0 Å². The Balaban J connectivity index is 2.59. The topological polar surface area (TPSA) is 84.9 Å². The predicted molar refractivity (Wildman–Crippen MR) is 46.0 cm³/mol. The molecule has 5 heteroatoms. The van der Waals surface area contributed by atoms with Gasteiger partial charge in [0.05, 0.1) is 18.2 Å². The van der Waals surface area contributed by atoms with E-state index in [2.05, 4.69) is 0 Å². The van der Waals surface area contributed by atoms with Gasteiger partial charge in [-0.1, -0.05) is 0 Å². The zero-order chi connectivity index (χ0) is 10.0. The summed E-state index contributed by atoms with van der Waals surface area (Å²) in [6, 6.07) is -0.708. The first kappa shape index (κ1) is 10.9. The normalized spacial score (nSPS) is 46.4. The molecule has 1 heterocycles. The molecule has 0 radical (unpaired) electrons. The summed E-state index contributed by atoms with van der Waals surface area (Å²) in [7, 11) is 0. The van der Waals surface area contributed by atoms with Crippen LogP contribution in [0.15, 0.2) is 0 Å². The van der Waals surface area contributed by atoms with Gasteiger partial charge < -0.3 is 25.4 Å². The van der Waals surface area contributed by atoms with E-state index in [4.69, 9.17) is 15.2 Å². The molecule has 4 N–H and O–H groups in total. The zero-order valence-corrected chi connectivity index (χ0v) is 7.88. The quantitative estimate of drug-likeness (QED) is 0.511. The second-order valence-electron chi connectivity index (χ2n) is 3.22. The van der Waals surface area contributed by atoms with Gasteiger partial charge in [0.2, 0.25) is 0 Å². The lowest BCUT2D eigenvalue weighted by molar-refractivity contribution is -0.265. The minimum atomic E-state index is -0.967. The maximum atomic E-state index is 9.52. The molecule has 1 saturated heterocycles. The van der Waals surface area contributed by atoms with Crippen LogP contribution in [0, 0.1) is 0 Å². The van der Waals surface area contributed by atoms with Crippen LogP contribution in [0.4, 0.5) is 0 Å². The Hall–Kier alpha value is -0.200. The highest BCUT2D eigenvalue weighted by molar-refractivity contribution is 4.90. The number of aliphatic hydroxyl groups excluding tert-OH is 2. The first-order valence-corrected chi connectivity index (χ1v) is 4.46. The van der Waals surface area contributed by atoms with E-state index in [-0.39, 0.29) is 0 Å². The van der Waals surface area contributed by atoms with Crippen LogP contribution < -0.4 is 5.73 Å². The van der Waals surface area contributed by atoms with E-state index in [0.717, 1.165) is 0 Å². The summed E-state index contributed by atoms with van der Waals surface area (Å²) in [6.45, 7) is 3.94. The fourth-order valence-electron chi connectivity index (χ4n) is 1.37. The number of aliphatic hydroxyl groups is 2. The molecular weight excluding hydrogens is 174 g/mol. The van der Waals surface area contributed by atoms with E-state index in [1.165, 1.54) is 0 Å². The van der Waals surface area contributed by atoms with Crippen LogP contribution in [-0.2, 0) is 9.47 Å². The molecule has 0 amide bonds. The standard InChI is InChI=1S/C8H17NO4/c1-3-12-8-7(11)5(9)6(10)4(2)13-8/h4-8,10-11H,3,9H2,1-2H3/t4-,5-,6-,7-,8+/m1/s1. The van der Waals surface area contributed by atoms with Crippen molar-refractivity contribution in [3.63, 3.8) is 0 Å². The van der Waals surface area contributed by atoms with Crippen molar-refractivity contribution in [1.82, 2.24) is 0 Å². The Morgan fingerprint density at radius 2 is 2.00 bits per heavy atom. The zero-order valence-electron chi connectivity index (χ0n) is 7.88. The summed E-state index contributed by atoms with van der Waals surface area (Å²) in [6.07, 6.45) is -2.94. The van der Waals surface area contributed by atoms with Gasteiger partial charge in [0.1, 0.15) is 6.10 Å². The van der Waals surface area contributed by atoms with Gasteiger partial charge in [-0.2, -0.15) is 0 Å². The molecule has 13 heavy (non-hydrogen) atoms. The molecule has 1 aliphatic rings. The third kappa shape index (κ3) is 2.18. The Labute approximate surface area is 77.4 Å². The molecule has 1 rings (SSSR count). The molecule has 0 unspecified atom stereocenters. The van der Waals surface area contributed by atoms with E-state index < -0.39 is 30.6 Å². The van der Waals surface area contributed by atoms with Crippen molar-refractivity contribution in [3.05, 3.63) is 0 Å². The predicted octanol–water partition coefficient (Wildman–Crippen LogP) is -1.18. The fraction of sp³-hybridized carbons (Fsp3) is 1.00. The van der Waals surface area contributed by atoms with Gasteiger partial charge in [0, 0.05) is 6.61 Å². The van der Waals surface area contributed by atoms with Gasteiger partial charge in [0.25, 0.3) is 0 Å². The van der Waals surface area contributed by atoms with Gasteiger partial charge >= 0.3 is 0 Å². The van der Waals surface area contributed by atoms with Crippen molar-refractivity contribution in [2.75, 3.05) is 6.61 Å². The van der Waals surface area contributed by atoms with Crippen molar-refractivity contribution in [1.29, 1.82) is 0 Å². The van der Waals surface area contributed by atoms with Gasteiger partial charge in [-0.25, -0.2) is 0 Å².